The van der Waals surface area contributed by atoms with Crippen molar-refractivity contribution in [2.75, 3.05) is 33.4 Å². The summed E-state index contributed by atoms with van der Waals surface area (Å²) in [5.74, 6) is 0. The predicted octanol–water partition coefficient (Wildman–Crippen LogP) is 0.229. The molecule has 0 amide bonds. The van der Waals surface area contributed by atoms with E-state index in [-0.39, 0.29) is 6.10 Å². The Morgan fingerprint density at radius 3 is 2.69 bits per heavy atom. The molecule has 0 fully saturated rings. The van der Waals surface area contributed by atoms with Crippen molar-refractivity contribution >= 4 is 0 Å². The molecule has 76 valence electrons. The normalized spacial score (nSPS) is 12.8. The molecule has 0 bridgehead atoms. The Kier molecular flexibility index (Phi) is 7.60. The van der Waals surface area contributed by atoms with Crippen molar-refractivity contribution in [1.29, 1.82) is 5.26 Å². The van der Waals surface area contributed by atoms with Gasteiger partial charge in [-0.2, -0.15) is 5.26 Å². The van der Waals surface area contributed by atoms with Gasteiger partial charge in [-0.25, -0.2) is 0 Å². The minimum atomic E-state index is -0.351. The average Bonchev–Trinajstić information content (AvgIpc) is 2.09. The van der Waals surface area contributed by atoms with Crippen LogP contribution in [0.3, 0.4) is 0 Å². The van der Waals surface area contributed by atoms with Crippen molar-refractivity contribution in [3.05, 3.63) is 0 Å². The van der Waals surface area contributed by atoms with Gasteiger partial charge in [0.2, 0.25) is 0 Å². The van der Waals surface area contributed by atoms with Crippen LogP contribution in [-0.4, -0.2) is 49.5 Å². The summed E-state index contributed by atoms with van der Waals surface area (Å²) < 4.78 is 4.93. The van der Waals surface area contributed by atoms with Crippen LogP contribution in [0, 0.1) is 11.3 Å². The van der Waals surface area contributed by atoms with Crippen LogP contribution in [-0.2, 0) is 4.74 Å². The Hall–Kier alpha value is -0.630. The number of nitrogens with zero attached hydrogens (tertiary/aromatic N) is 2. The lowest BCUT2D eigenvalue weighted by Gasteiger charge is -2.21. The highest BCUT2D eigenvalue weighted by atomic mass is 16.5. The minimum absolute atomic E-state index is 0.351. The molecule has 0 rings (SSSR count). The Balaban J connectivity index is 3.67. The van der Waals surface area contributed by atoms with E-state index in [4.69, 9.17) is 15.1 Å². The minimum Gasteiger partial charge on any atom is -0.392 e. The summed E-state index contributed by atoms with van der Waals surface area (Å²) in [6.45, 7) is 4.45. The smallest absolute Gasteiger partial charge is 0.0639 e. The number of methoxy groups -OCH3 is 1. The Morgan fingerprint density at radius 2 is 2.23 bits per heavy atom. The van der Waals surface area contributed by atoms with Crippen LogP contribution >= 0.6 is 0 Å². The van der Waals surface area contributed by atoms with E-state index in [1.807, 2.05) is 4.90 Å². The summed E-state index contributed by atoms with van der Waals surface area (Å²) in [5.41, 5.74) is 0. The second-order valence-corrected chi connectivity index (χ2v) is 3.05. The first-order valence-electron chi connectivity index (χ1n) is 4.47. The third-order valence-electron chi connectivity index (χ3n) is 1.67. The first kappa shape index (κ1) is 12.4. The molecule has 0 radical (unpaired) electrons. The van der Waals surface area contributed by atoms with Crippen LogP contribution < -0.4 is 0 Å². The highest BCUT2D eigenvalue weighted by molar-refractivity contribution is 4.73. The number of ether oxygens (including phenoxy) is 1. The summed E-state index contributed by atoms with van der Waals surface area (Å²) in [6.07, 6.45) is 0.145. The van der Waals surface area contributed by atoms with Crippen molar-refractivity contribution in [2.45, 2.75) is 19.4 Å². The van der Waals surface area contributed by atoms with E-state index in [9.17, 15) is 0 Å². The fourth-order valence-electron chi connectivity index (χ4n) is 1.10. The van der Waals surface area contributed by atoms with E-state index in [1.165, 1.54) is 0 Å². The molecular weight excluding hydrogens is 168 g/mol. The fourth-order valence-corrected chi connectivity index (χ4v) is 1.10. The van der Waals surface area contributed by atoms with E-state index in [0.29, 0.717) is 26.1 Å². The van der Waals surface area contributed by atoms with Crippen LogP contribution in [0.4, 0.5) is 0 Å². The molecule has 4 nitrogen and oxygen atoms in total. The largest absolute Gasteiger partial charge is 0.392 e. The zero-order valence-corrected chi connectivity index (χ0v) is 8.36. The molecule has 4 heteroatoms. The molecule has 1 N–H and O–H groups in total. The molecule has 0 saturated carbocycles. The van der Waals surface area contributed by atoms with Gasteiger partial charge in [0, 0.05) is 33.2 Å². The van der Waals surface area contributed by atoms with Gasteiger partial charge in [-0.05, 0) is 6.92 Å². The summed E-state index contributed by atoms with van der Waals surface area (Å²) in [7, 11) is 1.64. The molecule has 13 heavy (non-hydrogen) atoms. The van der Waals surface area contributed by atoms with Gasteiger partial charge in [-0.3, -0.25) is 4.90 Å². The number of aliphatic hydroxyl groups excluding tert-OH is 1. The molecule has 0 aliphatic rings. The molecule has 0 heterocycles. The zero-order chi connectivity index (χ0) is 10.1. The van der Waals surface area contributed by atoms with Gasteiger partial charge >= 0.3 is 0 Å². The highest BCUT2D eigenvalue weighted by Crippen LogP contribution is 1.94. The van der Waals surface area contributed by atoms with Crippen molar-refractivity contribution in [3.8, 4) is 6.07 Å². The van der Waals surface area contributed by atoms with Crippen LogP contribution in [0.25, 0.3) is 0 Å². The van der Waals surface area contributed by atoms with E-state index in [1.54, 1.807) is 14.0 Å². The van der Waals surface area contributed by atoms with Crippen LogP contribution in [0.5, 0.6) is 0 Å². The van der Waals surface area contributed by atoms with Crippen molar-refractivity contribution in [2.24, 2.45) is 0 Å². The molecule has 0 spiro atoms. The molecule has 0 saturated heterocycles. The molecular formula is C9H18N2O2. The SMILES string of the molecule is COCCN(CCC#N)CC(C)O. The summed E-state index contributed by atoms with van der Waals surface area (Å²) in [5, 5.41) is 17.6. The lowest BCUT2D eigenvalue weighted by Crippen LogP contribution is -2.34. The van der Waals surface area contributed by atoms with Crippen molar-refractivity contribution in [3.63, 3.8) is 0 Å². The topological polar surface area (TPSA) is 56.5 Å². The molecule has 0 aromatic rings. The monoisotopic (exact) mass is 186 g/mol. The van der Waals surface area contributed by atoms with Gasteiger partial charge < -0.3 is 9.84 Å². The Labute approximate surface area is 79.7 Å². The average molecular weight is 186 g/mol. The van der Waals surface area contributed by atoms with Gasteiger partial charge in [0.25, 0.3) is 0 Å². The molecule has 0 aromatic carbocycles. The van der Waals surface area contributed by atoms with E-state index in [2.05, 4.69) is 6.07 Å². The third kappa shape index (κ3) is 7.72. The van der Waals surface area contributed by atoms with Crippen LogP contribution in [0.2, 0.25) is 0 Å². The Morgan fingerprint density at radius 1 is 1.54 bits per heavy atom. The summed E-state index contributed by atoms with van der Waals surface area (Å²) in [6, 6.07) is 2.08. The molecule has 0 aromatic heterocycles. The number of rotatable bonds is 7. The summed E-state index contributed by atoms with van der Waals surface area (Å²) >= 11 is 0. The van der Waals surface area contributed by atoms with E-state index in [0.717, 1.165) is 6.54 Å². The highest BCUT2D eigenvalue weighted by Gasteiger charge is 2.06. The van der Waals surface area contributed by atoms with E-state index < -0.39 is 0 Å². The Bertz CT molecular complexity index is 154. The quantitative estimate of drug-likeness (QED) is 0.618. The molecule has 0 aliphatic heterocycles. The lowest BCUT2D eigenvalue weighted by atomic mass is 10.3. The predicted molar refractivity (Wildman–Crippen MR) is 50.2 cm³/mol. The number of hydrogen-bond donors (Lipinski definition) is 1. The zero-order valence-electron chi connectivity index (χ0n) is 8.36. The standard InChI is InChI=1S/C9H18N2O2/c1-9(12)8-11(5-3-4-10)6-7-13-2/h9,12H,3,5-8H2,1-2H3. The maximum Gasteiger partial charge on any atom is 0.0639 e. The number of hydrogen-bond acceptors (Lipinski definition) is 4. The molecule has 1 atom stereocenters. The van der Waals surface area contributed by atoms with Gasteiger partial charge in [-0.15, -0.1) is 0 Å². The van der Waals surface area contributed by atoms with Crippen LogP contribution in [0.15, 0.2) is 0 Å². The number of nitriles is 1. The maximum atomic E-state index is 9.16. The van der Waals surface area contributed by atoms with Gasteiger partial charge in [0.1, 0.15) is 0 Å². The maximum absolute atomic E-state index is 9.16. The van der Waals surface area contributed by atoms with E-state index >= 15 is 0 Å². The third-order valence-corrected chi connectivity index (χ3v) is 1.67. The second-order valence-electron chi connectivity index (χ2n) is 3.05. The second kappa shape index (κ2) is 7.99. The molecule has 1 unspecified atom stereocenters. The van der Waals surface area contributed by atoms with Gasteiger partial charge in [-0.1, -0.05) is 0 Å². The first-order chi connectivity index (χ1) is 6.20. The van der Waals surface area contributed by atoms with Gasteiger partial charge in [0.05, 0.1) is 18.8 Å². The van der Waals surface area contributed by atoms with Crippen molar-refractivity contribution < 1.29 is 9.84 Å². The lowest BCUT2D eigenvalue weighted by molar-refractivity contribution is 0.0993. The first-order valence-corrected chi connectivity index (χ1v) is 4.47. The fraction of sp³-hybridized carbons (Fsp3) is 0.889. The van der Waals surface area contributed by atoms with Crippen LogP contribution in [0.1, 0.15) is 13.3 Å². The van der Waals surface area contributed by atoms with Crippen molar-refractivity contribution in [1.82, 2.24) is 4.90 Å². The summed E-state index contributed by atoms with van der Waals surface area (Å²) in [4.78, 5) is 2.03. The molecule has 0 aliphatic carbocycles. The number of aliphatic hydroxyl groups is 1. The van der Waals surface area contributed by atoms with Gasteiger partial charge in [0.15, 0.2) is 0 Å².